The molecule has 0 aromatic heterocycles. The minimum absolute atomic E-state index is 0.0134. The number of nitrogens with zero attached hydrogens (tertiary/aromatic N) is 1. The van der Waals surface area contributed by atoms with Gasteiger partial charge in [0.1, 0.15) is 0 Å². The topological polar surface area (TPSA) is 61.8 Å². The van der Waals surface area contributed by atoms with E-state index in [2.05, 4.69) is 5.32 Å². The van der Waals surface area contributed by atoms with Gasteiger partial charge in [-0.3, -0.25) is 4.79 Å². The second-order valence-corrected chi connectivity index (χ2v) is 6.45. The van der Waals surface area contributed by atoms with Gasteiger partial charge in [0.05, 0.1) is 18.3 Å². The lowest BCUT2D eigenvalue weighted by molar-refractivity contribution is -0.139. The molecule has 114 valence electrons. The van der Waals surface area contributed by atoms with Crippen molar-refractivity contribution in [2.45, 2.75) is 38.6 Å². The number of carbonyl (C=O) groups is 1. The van der Waals surface area contributed by atoms with Crippen molar-refractivity contribution in [3.05, 3.63) is 34.9 Å². The van der Waals surface area contributed by atoms with E-state index in [9.17, 15) is 9.90 Å². The maximum atomic E-state index is 12.7. The number of aliphatic hydroxyl groups excluding tert-OH is 1. The maximum absolute atomic E-state index is 12.7. The largest absolute Gasteiger partial charge is 0.394 e. The zero-order valence-electron chi connectivity index (χ0n) is 12.6. The van der Waals surface area contributed by atoms with Gasteiger partial charge in [0.2, 0.25) is 0 Å². The van der Waals surface area contributed by atoms with E-state index in [4.69, 9.17) is 4.74 Å². The third kappa shape index (κ3) is 2.95. The van der Waals surface area contributed by atoms with Crippen molar-refractivity contribution < 1.29 is 14.6 Å². The van der Waals surface area contributed by atoms with Gasteiger partial charge in [-0.05, 0) is 37.1 Å². The van der Waals surface area contributed by atoms with Crippen LogP contribution in [0.1, 0.15) is 35.3 Å². The molecule has 1 aromatic rings. The van der Waals surface area contributed by atoms with Crippen LogP contribution in [-0.4, -0.2) is 47.3 Å². The molecule has 21 heavy (non-hydrogen) atoms. The number of nitrogens with one attached hydrogen (secondary N) is 1. The van der Waals surface area contributed by atoms with Gasteiger partial charge >= 0.3 is 0 Å². The first-order chi connectivity index (χ1) is 9.98. The molecule has 3 rings (SSSR count). The van der Waals surface area contributed by atoms with Crippen LogP contribution in [0.3, 0.4) is 0 Å². The molecule has 5 heteroatoms. The SMILES string of the molecule is CC1(C)CN(C(=O)c2ccc3c(c2)CNC3)CC(CO)O1. The Balaban J connectivity index is 1.81. The van der Waals surface area contributed by atoms with Gasteiger partial charge in [-0.25, -0.2) is 0 Å². The predicted molar refractivity (Wildman–Crippen MR) is 78.9 cm³/mol. The van der Waals surface area contributed by atoms with Crippen molar-refractivity contribution in [3.8, 4) is 0 Å². The molecule has 1 aromatic carbocycles. The molecular formula is C16H22N2O3. The van der Waals surface area contributed by atoms with Gasteiger partial charge in [-0.1, -0.05) is 6.07 Å². The molecule has 1 saturated heterocycles. The molecule has 0 radical (unpaired) electrons. The first kappa shape index (κ1) is 14.5. The molecule has 2 N–H and O–H groups in total. The van der Waals surface area contributed by atoms with Crippen LogP contribution in [0.5, 0.6) is 0 Å². The van der Waals surface area contributed by atoms with E-state index in [0.717, 1.165) is 13.1 Å². The number of rotatable bonds is 2. The van der Waals surface area contributed by atoms with E-state index in [1.165, 1.54) is 11.1 Å². The Kier molecular flexibility index (Phi) is 3.73. The first-order valence-corrected chi connectivity index (χ1v) is 7.39. The summed E-state index contributed by atoms with van der Waals surface area (Å²) in [5, 5.41) is 12.6. The highest BCUT2D eigenvalue weighted by Gasteiger charge is 2.35. The summed E-state index contributed by atoms with van der Waals surface area (Å²) < 4.78 is 5.76. The van der Waals surface area contributed by atoms with Gasteiger partial charge < -0.3 is 20.1 Å². The number of carbonyl (C=O) groups excluding carboxylic acids is 1. The van der Waals surface area contributed by atoms with Gasteiger partial charge in [0.15, 0.2) is 0 Å². The van der Waals surface area contributed by atoms with Crippen LogP contribution in [0.4, 0.5) is 0 Å². The average Bonchev–Trinajstić information content (AvgIpc) is 2.92. The van der Waals surface area contributed by atoms with E-state index in [1.807, 2.05) is 32.0 Å². The minimum Gasteiger partial charge on any atom is -0.394 e. The number of hydrogen-bond acceptors (Lipinski definition) is 4. The van der Waals surface area contributed by atoms with Crippen molar-refractivity contribution in [2.24, 2.45) is 0 Å². The number of ether oxygens (including phenoxy) is 1. The fraction of sp³-hybridized carbons (Fsp3) is 0.562. The molecule has 1 unspecified atom stereocenters. The number of benzene rings is 1. The molecule has 0 saturated carbocycles. The van der Waals surface area contributed by atoms with E-state index >= 15 is 0 Å². The van der Waals surface area contributed by atoms with E-state index in [-0.39, 0.29) is 18.6 Å². The van der Waals surface area contributed by atoms with Crippen LogP contribution in [0, 0.1) is 0 Å². The summed E-state index contributed by atoms with van der Waals surface area (Å²) in [6.07, 6.45) is -0.311. The van der Waals surface area contributed by atoms with E-state index in [1.54, 1.807) is 4.90 Å². The van der Waals surface area contributed by atoms with Gasteiger partial charge in [0.25, 0.3) is 5.91 Å². The van der Waals surface area contributed by atoms with Crippen LogP contribution < -0.4 is 5.32 Å². The summed E-state index contributed by atoms with van der Waals surface area (Å²) in [5.74, 6) is 0.0134. The smallest absolute Gasteiger partial charge is 0.254 e. The van der Waals surface area contributed by atoms with Crippen LogP contribution in [0.2, 0.25) is 0 Å². The van der Waals surface area contributed by atoms with E-state index in [0.29, 0.717) is 18.7 Å². The zero-order chi connectivity index (χ0) is 15.0. The van der Waals surface area contributed by atoms with Crippen molar-refractivity contribution in [1.82, 2.24) is 10.2 Å². The molecule has 0 spiro atoms. The van der Waals surface area contributed by atoms with Gasteiger partial charge in [-0.2, -0.15) is 0 Å². The normalized spacial score (nSPS) is 24.0. The van der Waals surface area contributed by atoms with Gasteiger partial charge in [-0.15, -0.1) is 0 Å². The van der Waals surface area contributed by atoms with Crippen LogP contribution >= 0.6 is 0 Å². The Labute approximate surface area is 124 Å². The number of aliphatic hydroxyl groups is 1. The summed E-state index contributed by atoms with van der Waals surface area (Å²) in [6.45, 7) is 6.50. The summed E-state index contributed by atoms with van der Waals surface area (Å²) >= 11 is 0. The van der Waals surface area contributed by atoms with Crippen molar-refractivity contribution >= 4 is 5.91 Å². The Morgan fingerprint density at radius 3 is 2.95 bits per heavy atom. The summed E-state index contributed by atoms with van der Waals surface area (Å²) in [4.78, 5) is 14.5. The van der Waals surface area contributed by atoms with Crippen molar-refractivity contribution in [1.29, 1.82) is 0 Å². The first-order valence-electron chi connectivity index (χ1n) is 7.39. The fourth-order valence-electron chi connectivity index (χ4n) is 3.16. The molecule has 2 aliphatic heterocycles. The lowest BCUT2D eigenvalue weighted by Crippen LogP contribution is -2.55. The molecule has 2 heterocycles. The summed E-state index contributed by atoms with van der Waals surface area (Å²) in [6, 6.07) is 5.90. The Morgan fingerprint density at radius 2 is 2.19 bits per heavy atom. The lowest BCUT2D eigenvalue weighted by atomic mass is 10.0. The molecule has 0 aliphatic carbocycles. The highest BCUT2D eigenvalue weighted by Crippen LogP contribution is 2.24. The third-order valence-electron chi connectivity index (χ3n) is 4.06. The summed E-state index contributed by atoms with van der Waals surface area (Å²) in [5.41, 5.74) is 2.75. The number of hydrogen-bond donors (Lipinski definition) is 2. The highest BCUT2D eigenvalue weighted by molar-refractivity contribution is 5.94. The molecular weight excluding hydrogens is 268 g/mol. The molecule has 1 fully saturated rings. The third-order valence-corrected chi connectivity index (χ3v) is 4.06. The van der Waals surface area contributed by atoms with Crippen molar-refractivity contribution in [2.75, 3.05) is 19.7 Å². The lowest BCUT2D eigenvalue weighted by Gasteiger charge is -2.42. The number of amides is 1. The predicted octanol–water partition coefficient (Wildman–Crippen LogP) is 0.902. The van der Waals surface area contributed by atoms with Crippen LogP contribution in [-0.2, 0) is 17.8 Å². The molecule has 2 aliphatic rings. The molecule has 1 amide bonds. The zero-order valence-corrected chi connectivity index (χ0v) is 12.6. The molecule has 0 bridgehead atoms. The molecule has 1 atom stereocenters. The fourth-order valence-corrected chi connectivity index (χ4v) is 3.16. The van der Waals surface area contributed by atoms with Crippen molar-refractivity contribution in [3.63, 3.8) is 0 Å². The molecule has 5 nitrogen and oxygen atoms in total. The quantitative estimate of drug-likeness (QED) is 0.849. The number of morpholine rings is 1. The standard InChI is InChI=1S/C16H22N2O3/c1-16(2)10-18(8-14(9-19)21-16)15(20)11-3-4-12-6-17-7-13(12)5-11/h3-5,14,17,19H,6-10H2,1-2H3. The monoisotopic (exact) mass is 290 g/mol. The van der Waals surface area contributed by atoms with Crippen LogP contribution in [0.15, 0.2) is 18.2 Å². The van der Waals surface area contributed by atoms with Crippen LogP contribution in [0.25, 0.3) is 0 Å². The van der Waals surface area contributed by atoms with Gasteiger partial charge in [0, 0.05) is 31.7 Å². The highest BCUT2D eigenvalue weighted by atomic mass is 16.5. The second kappa shape index (κ2) is 5.40. The Bertz CT molecular complexity index is 556. The second-order valence-electron chi connectivity index (χ2n) is 6.45. The summed E-state index contributed by atoms with van der Waals surface area (Å²) in [7, 11) is 0. The average molecular weight is 290 g/mol. The maximum Gasteiger partial charge on any atom is 0.254 e. The Morgan fingerprint density at radius 1 is 1.43 bits per heavy atom. The minimum atomic E-state index is -0.431. The Hall–Kier alpha value is -1.43. The number of fused-ring (bicyclic) bond motifs is 1. The van der Waals surface area contributed by atoms with E-state index < -0.39 is 5.60 Å².